The summed E-state index contributed by atoms with van der Waals surface area (Å²) in [4.78, 5) is 25.8. The first-order valence-electron chi connectivity index (χ1n) is 7.52. The molecule has 2 aliphatic rings. The lowest BCUT2D eigenvalue weighted by Crippen LogP contribution is -2.55. The summed E-state index contributed by atoms with van der Waals surface area (Å²) in [6.07, 6.45) is 2.37. The third-order valence-corrected chi connectivity index (χ3v) is 4.46. The first-order chi connectivity index (χ1) is 10.6. The van der Waals surface area contributed by atoms with Crippen LogP contribution in [0.25, 0.3) is 0 Å². The predicted molar refractivity (Wildman–Crippen MR) is 83.1 cm³/mol. The Morgan fingerprint density at radius 3 is 2.73 bits per heavy atom. The van der Waals surface area contributed by atoms with Crippen LogP contribution in [0, 0.1) is 11.8 Å². The fourth-order valence-corrected chi connectivity index (χ4v) is 2.74. The average Bonchev–Trinajstić information content (AvgIpc) is 3.27. The molecule has 5 nitrogen and oxygen atoms in total. The Balaban J connectivity index is 1.70. The van der Waals surface area contributed by atoms with Gasteiger partial charge in [0.15, 0.2) is 0 Å². The topological polar surface area (TPSA) is 58.6 Å². The molecule has 22 heavy (non-hydrogen) atoms. The summed E-state index contributed by atoms with van der Waals surface area (Å²) in [5.41, 5.74) is 0.403. The molecule has 0 atom stereocenters. The molecule has 0 aromatic heterocycles. The number of likely N-dealkylation sites (tertiary alicyclic amines) is 1. The van der Waals surface area contributed by atoms with Gasteiger partial charge in [-0.05, 0) is 30.9 Å². The number of benzene rings is 1. The van der Waals surface area contributed by atoms with Crippen molar-refractivity contribution in [2.24, 2.45) is 11.8 Å². The van der Waals surface area contributed by atoms with Gasteiger partial charge < -0.3 is 15.0 Å². The second-order valence-corrected chi connectivity index (χ2v) is 6.30. The SMILES string of the molecule is CNC(=O)C1CN(C(=O)c2c(Cl)cccc2OCC2CC2)C1. The molecule has 0 unspecified atom stereocenters. The van der Waals surface area contributed by atoms with Crippen LogP contribution in [0.4, 0.5) is 0 Å². The third kappa shape index (κ3) is 3.04. The van der Waals surface area contributed by atoms with Crippen LogP contribution in [-0.2, 0) is 4.79 Å². The normalized spacial score (nSPS) is 17.8. The second kappa shape index (κ2) is 6.16. The van der Waals surface area contributed by atoms with Crippen molar-refractivity contribution in [3.8, 4) is 5.75 Å². The molecule has 1 saturated heterocycles. The molecule has 1 aromatic rings. The second-order valence-electron chi connectivity index (χ2n) is 5.89. The van der Waals surface area contributed by atoms with E-state index in [4.69, 9.17) is 16.3 Å². The maximum absolute atomic E-state index is 12.6. The summed E-state index contributed by atoms with van der Waals surface area (Å²) < 4.78 is 5.77. The van der Waals surface area contributed by atoms with Crippen LogP contribution in [0.2, 0.25) is 5.02 Å². The van der Waals surface area contributed by atoms with Crippen molar-refractivity contribution in [1.29, 1.82) is 0 Å². The highest BCUT2D eigenvalue weighted by atomic mass is 35.5. The Morgan fingerprint density at radius 2 is 2.09 bits per heavy atom. The van der Waals surface area contributed by atoms with Gasteiger partial charge in [0.1, 0.15) is 11.3 Å². The minimum atomic E-state index is -0.170. The van der Waals surface area contributed by atoms with Crippen molar-refractivity contribution in [1.82, 2.24) is 10.2 Å². The zero-order valence-electron chi connectivity index (χ0n) is 12.5. The summed E-state index contributed by atoms with van der Waals surface area (Å²) in [5, 5.41) is 2.99. The van der Waals surface area contributed by atoms with Crippen LogP contribution in [0.5, 0.6) is 5.75 Å². The fourth-order valence-electron chi connectivity index (χ4n) is 2.50. The van der Waals surface area contributed by atoms with E-state index in [1.807, 2.05) is 0 Å². The van der Waals surface area contributed by atoms with Crippen molar-refractivity contribution < 1.29 is 14.3 Å². The van der Waals surface area contributed by atoms with Gasteiger partial charge in [0.05, 0.1) is 17.5 Å². The summed E-state index contributed by atoms with van der Waals surface area (Å²) >= 11 is 6.20. The van der Waals surface area contributed by atoms with Crippen LogP contribution in [-0.4, -0.2) is 43.5 Å². The monoisotopic (exact) mass is 322 g/mol. The van der Waals surface area contributed by atoms with Gasteiger partial charge in [-0.25, -0.2) is 0 Å². The highest BCUT2D eigenvalue weighted by Crippen LogP contribution is 2.33. The molecule has 1 N–H and O–H groups in total. The van der Waals surface area contributed by atoms with E-state index in [1.54, 1.807) is 30.1 Å². The molecule has 1 aliphatic heterocycles. The predicted octanol–water partition coefficient (Wildman–Crippen LogP) is 1.95. The van der Waals surface area contributed by atoms with Crippen molar-refractivity contribution >= 4 is 23.4 Å². The number of hydrogen-bond acceptors (Lipinski definition) is 3. The molecule has 6 heteroatoms. The number of carbonyl (C=O) groups excluding carboxylic acids is 2. The molecule has 2 fully saturated rings. The highest BCUT2D eigenvalue weighted by Gasteiger charge is 2.37. The maximum Gasteiger partial charge on any atom is 0.259 e. The van der Waals surface area contributed by atoms with E-state index in [2.05, 4.69) is 5.32 Å². The Kier molecular flexibility index (Phi) is 4.25. The van der Waals surface area contributed by atoms with Crippen LogP contribution in [0.15, 0.2) is 18.2 Å². The van der Waals surface area contributed by atoms with Crippen molar-refractivity contribution in [2.75, 3.05) is 26.7 Å². The van der Waals surface area contributed by atoms with E-state index in [-0.39, 0.29) is 17.7 Å². The largest absolute Gasteiger partial charge is 0.492 e. The number of carbonyl (C=O) groups is 2. The summed E-state index contributed by atoms with van der Waals surface area (Å²) in [7, 11) is 1.60. The molecule has 1 saturated carbocycles. The zero-order valence-corrected chi connectivity index (χ0v) is 13.2. The molecule has 3 rings (SSSR count). The molecule has 0 spiro atoms. The number of rotatable bonds is 5. The quantitative estimate of drug-likeness (QED) is 0.901. The lowest BCUT2D eigenvalue weighted by atomic mass is 9.97. The molecule has 0 radical (unpaired) electrons. The van der Waals surface area contributed by atoms with Crippen molar-refractivity contribution in [3.63, 3.8) is 0 Å². The van der Waals surface area contributed by atoms with E-state index in [9.17, 15) is 9.59 Å². The van der Waals surface area contributed by atoms with Gasteiger partial charge in [-0.2, -0.15) is 0 Å². The minimum absolute atomic E-state index is 0.0339. The molecule has 2 amide bonds. The molecular formula is C16H19ClN2O3. The van der Waals surface area contributed by atoms with E-state index in [0.29, 0.717) is 41.9 Å². The van der Waals surface area contributed by atoms with Crippen molar-refractivity contribution in [3.05, 3.63) is 28.8 Å². The number of amides is 2. The van der Waals surface area contributed by atoms with Gasteiger partial charge in [-0.15, -0.1) is 0 Å². The Hall–Kier alpha value is -1.75. The van der Waals surface area contributed by atoms with Gasteiger partial charge in [0.2, 0.25) is 5.91 Å². The number of nitrogens with one attached hydrogen (secondary N) is 1. The van der Waals surface area contributed by atoms with E-state index < -0.39 is 0 Å². The minimum Gasteiger partial charge on any atom is -0.492 e. The van der Waals surface area contributed by atoms with Gasteiger partial charge in [-0.3, -0.25) is 9.59 Å². The van der Waals surface area contributed by atoms with Crippen molar-refractivity contribution in [2.45, 2.75) is 12.8 Å². The van der Waals surface area contributed by atoms with Crippen LogP contribution in [0.3, 0.4) is 0 Å². The van der Waals surface area contributed by atoms with Gasteiger partial charge >= 0.3 is 0 Å². The first kappa shape index (κ1) is 15.2. The summed E-state index contributed by atoms with van der Waals surface area (Å²) in [6.45, 7) is 1.47. The molecule has 0 bridgehead atoms. The summed E-state index contributed by atoms with van der Waals surface area (Å²) in [5.74, 6) is 0.800. The molecule has 1 heterocycles. The Labute approximate surface area is 134 Å². The molecule has 1 aliphatic carbocycles. The average molecular weight is 323 g/mol. The molecular weight excluding hydrogens is 304 g/mol. The highest BCUT2D eigenvalue weighted by molar-refractivity contribution is 6.34. The van der Waals surface area contributed by atoms with Gasteiger partial charge in [-0.1, -0.05) is 17.7 Å². The Bertz CT molecular complexity index is 595. The Morgan fingerprint density at radius 1 is 1.36 bits per heavy atom. The van der Waals surface area contributed by atoms with Crippen LogP contribution >= 0.6 is 11.6 Å². The van der Waals surface area contributed by atoms with E-state index >= 15 is 0 Å². The van der Waals surface area contributed by atoms with Crippen LogP contribution < -0.4 is 10.1 Å². The fraction of sp³-hybridized carbons (Fsp3) is 0.500. The maximum atomic E-state index is 12.6. The van der Waals surface area contributed by atoms with E-state index in [1.165, 1.54) is 12.8 Å². The number of halogens is 1. The van der Waals surface area contributed by atoms with Gasteiger partial charge in [0.25, 0.3) is 5.91 Å². The third-order valence-electron chi connectivity index (χ3n) is 4.15. The van der Waals surface area contributed by atoms with Gasteiger partial charge in [0, 0.05) is 20.1 Å². The lowest BCUT2D eigenvalue weighted by Gasteiger charge is -2.38. The standard InChI is InChI=1S/C16H19ClN2O3/c1-18-15(20)11-7-19(8-11)16(21)14-12(17)3-2-4-13(14)22-9-10-5-6-10/h2-4,10-11H,5-9H2,1H3,(H,18,20). The lowest BCUT2D eigenvalue weighted by molar-refractivity contribution is -0.128. The number of ether oxygens (including phenoxy) is 1. The number of nitrogens with zero attached hydrogens (tertiary/aromatic N) is 1. The number of hydrogen-bond donors (Lipinski definition) is 1. The zero-order chi connectivity index (χ0) is 15.7. The first-order valence-corrected chi connectivity index (χ1v) is 7.90. The van der Waals surface area contributed by atoms with Crippen LogP contribution in [0.1, 0.15) is 23.2 Å². The van der Waals surface area contributed by atoms with E-state index in [0.717, 1.165) is 0 Å². The smallest absolute Gasteiger partial charge is 0.259 e. The summed E-state index contributed by atoms with van der Waals surface area (Å²) in [6, 6.07) is 5.25. The molecule has 1 aromatic carbocycles. The molecule has 118 valence electrons.